The van der Waals surface area contributed by atoms with Crippen LogP contribution in [0.2, 0.25) is 0 Å². The van der Waals surface area contributed by atoms with E-state index in [0.717, 1.165) is 30.7 Å². The third kappa shape index (κ3) is 3.65. The zero-order valence-electron chi connectivity index (χ0n) is 10.8. The summed E-state index contributed by atoms with van der Waals surface area (Å²) in [5.74, 6) is 3.23. The highest BCUT2D eigenvalue weighted by atomic mass is 16.5. The second-order valence-electron chi connectivity index (χ2n) is 4.44. The van der Waals surface area contributed by atoms with Crippen LogP contribution >= 0.6 is 0 Å². The van der Waals surface area contributed by atoms with E-state index in [4.69, 9.17) is 11.2 Å². The maximum Gasteiger partial charge on any atom is 0.262 e. The Hall–Kier alpha value is -2.15. The summed E-state index contributed by atoms with van der Waals surface area (Å²) in [5, 5.41) is 6.06. The maximum absolute atomic E-state index is 11.9. The highest BCUT2D eigenvalue weighted by Gasteiger charge is 2.24. The fraction of sp³-hybridized carbons (Fsp3) is 0.400. The van der Waals surface area contributed by atoms with Gasteiger partial charge in [-0.25, -0.2) is 0 Å². The molecule has 0 spiro atoms. The molecular formula is C15H18N2O2. The van der Waals surface area contributed by atoms with Gasteiger partial charge >= 0.3 is 0 Å². The van der Waals surface area contributed by atoms with Gasteiger partial charge in [-0.1, -0.05) is 12.1 Å². The van der Waals surface area contributed by atoms with Crippen molar-refractivity contribution in [2.75, 3.05) is 18.4 Å². The van der Waals surface area contributed by atoms with Crippen LogP contribution in [0.4, 0.5) is 5.69 Å². The van der Waals surface area contributed by atoms with Crippen molar-refractivity contribution in [1.29, 1.82) is 0 Å². The summed E-state index contributed by atoms with van der Waals surface area (Å²) in [4.78, 5) is 11.9. The fourth-order valence-electron chi connectivity index (χ4n) is 1.94. The SMILES string of the molecule is C#CCCCCNC(=O)C1CNc2ccccc2O1. The van der Waals surface area contributed by atoms with Gasteiger partial charge in [-0.05, 0) is 25.0 Å². The number of unbranched alkanes of at least 4 members (excludes halogenated alkanes) is 2. The molecule has 0 bridgehead atoms. The van der Waals surface area contributed by atoms with Crippen LogP contribution in [0.3, 0.4) is 0 Å². The number of terminal acetylenes is 1. The summed E-state index contributed by atoms with van der Waals surface area (Å²) in [5.41, 5.74) is 0.931. The Morgan fingerprint density at radius 3 is 3.16 bits per heavy atom. The topological polar surface area (TPSA) is 50.4 Å². The van der Waals surface area contributed by atoms with Crippen molar-refractivity contribution in [2.24, 2.45) is 0 Å². The van der Waals surface area contributed by atoms with Crippen molar-refractivity contribution in [1.82, 2.24) is 5.32 Å². The largest absolute Gasteiger partial charge is 0.477 e. The number of carbonyl (C=O) groups excluding carboxylic acids is 1. The molecule has 0 radical (unpaired) electrons. The van der Waals surface area contributed by atoms with E-state index in [2.05, 4.69) is 16.6 Å². The van der Waals surface area contributed by atoms with Crippen LogP contribution in [0.15, 0.2) is 24.3 Å². The van der Waals surface area contributed by atoms with Gasteiger partial charge in [0.1, 0.15) is 5.75 Å². The van der Waals surface area contributed by atoms with E-state index in [-0.39, 0.29) is 5.91 Å². The number of ether oxygens (including phenoxy) is 1. The molecule has 0 fully saturated rings. The predicted octanol–water partition coefficient (Wildman–Crippen LogP) is 1.78. The lowest BCUT2D eigenvalue weighted by molar-refractivity contribution is -0.127. The Labute approximate surface area is 113 Å². The fourth-order valence-corrected chi connectivity index (χ4v) is 1.94. The minimum absolute atomic E-state index is 0.0808. The molecule has 0 saturated heterocycles. The Kier molecular flexibility index (Phi) is 4.68. The molecule has 2 rings (SSSR count). The lowest BCUT2D eigenvalue weighted by atomic mass is 10.2. The number of hydrogen-bond acceptors (Lipinski definition) is 3. The molecule has 1 atom stereocenters. The van der Waals surface area contributed by atoms with Gasteiger partial charge in [0.25, 0.3) is 5.91 Å². The van der Waals surface area contributed by atoms with Gasteiger partial charge in [0.15, 0.2) is 6.10 Å². The van der Waals surface area contributed by atoms with Crippen LogP contribution in [0, 0.1) is 12.3 Å². The Morgan fingerprint density at radius 1 is 1.47 bits per heavy atom. The van der Waals surface area contributed by atoms with Gasteiger partial charge in [-0.3, -0.25) is 4.79 Å². The number of amides is 1. The van der Waals surface area contributed by atoms with Crippen LogP contribution in [0.5, 0.6) is 5.75 Å². The van der Waals surface area contributed by atoms with Crippen molar-refractivity contribution < 1.29 is 9.53 Å². The molecule has 19 heavy (non-hydrogen) atoms. The predicted molar refractivity (Wildman–Crippen MR) is 75.0 cm³/mol. The minimum atomic E-state index is -0.470. The van der Waals surface area contributed by atoms with Crippen LogP contribution in [0.25, 0.3) is 0 Å². The summed E-state index contributed by atoms with van der Waals surface area (Å²) in [6.45, 7) is 1.13. The lowest BCUT2D eigenvalue weighted by Crippen LogP contribution is -2.44. The van der Waals surface area contributed by atoms with Crippen LogP contribution in [-0.2, 0) is 4.79 Å². The normalized spacial score (nSPS) is 16.5. The van der Waals surface area contributed by atoms with Crippen molar-refractivity contribution in [3.8, 4) is 18.1 Å². The van der Waals surface area contributed by atoms with Crippen molar-refractivity contribution in [3.05, 3.63) is 24.3 Å². The average molecular weight is 258 g/mol. The molecule has 1 heterocycles. The zero-order chi connectivity index (χ0) is 13.5. The zero-order valence-corrected chi connectivity index (χ0v) is 10.8. The van der Waals surface area contributed by atoms with Gasteiger partial charge in [0.2, 0.25) is 0 Å². The van der Waals surface area contributed by atoms with Gasteiger partial charge in [0, 0.05) is 13.0 Å². The minimum Gasteiger partial charge on any atom is -0.477 e. The van der Waals surface area contributed by atoms with E-state index in [0.29, 0.717) is 13.1 Å². The maximum atomic E-state index is 11.9. The molecule has 2 N–H and O–H groups in total. The first-order valence-corrected chi connectivity index (χ1v) is 6.52. The molecule has 0 saturated carbocycles. The molecule has 4 nitrogen and oxygen atoms in total. The van der Waals surface area contributed by atoms with E-state index >= 15 is 0 Å². The second-order valence-corrected chi connectivity index (χ2v) is 4.44. The van der Waals surface area contributed by atoms with Crippen LogP contribution in [0.1, 0.15) is 19.3 Å². The molecule has 1 aliphatic heterocycles. The third-order valence-corrected chi connectivity index (χ3v) is 2.97. The number of benzene rings is 1. The molecule has 100 valence electrons. The van der Waals surface area contributed by atoms with Crippen molar-refractivity contribution in [3.63, 3.8) is 0 Å². The quantitative estimate of drug-likeness (QED) is 0.625. The first kappa shape index (κ1) is 13.3. The van der Waals surface area contributed by atoms with E-state index in [1.807, 2.05) is 24.3 Å². The molecule has 1 unspecified atom stereocenters. The van der Waals surface area contributed by atoms with Gasteiger partial charge in [-0.15, -0.1) is 12.3 Å². The monoisotopic (exact) mass is 258 g/mol. The van der Waals surface area contributed by atoms with Crippen LogP contribution in [-0.4, -0.2) is 25.1 Å². The molecule has 1 amide bonds. The second kappa shape index (κ2) is 6.69. The van der Waals surface area contributed by atoms with E-state index < -0.39 is 6.10 Å². The molecule has 1 aromatic rings. The van der Waals surface area contributed by atoms with Gasteiger partial charge < -0.3 is 15.4 Å². The number of rotatable bonds is 5. The number of fused-ring (bicyclic) bond motifs is 1. The van der Waals surface area contributed by atoms with Crippen LogP contribution < -0.4 is 15.4 Å². The molecule has 0 aliphatic carbocycles. The number of hydrogen-bond donors (Lipinski definition) is 2. The smallest absolute Gasteiger partial charge is 0.262 e. The first-order chi connectivity index (χ1) is 9.31. The van der Waals surface area contributed by atoms with E-state index in [1.54, 1.807) is 0 Å². The molecule has 4 heteroatoms. The number of carbonyl (C=O) groups is 1. The highest BCUT2D eigenvalue weighted by Crippen LogP contribution is 2.28. The summed E-state index contributed by atoms with van der Waals surface area (Å²) in [6.07, 6.45) is 7.28. The highest BCUT2D eigenvalue weighted by molar-refractivity contribution is 5.83. The summed E-state index contributed by atoms with van der Waals surface area (Å²) in [7, 11) is 0. The summed E-state index contributed by atoms with van der Waals surface area (Å²) < 4.78 is 5.67. The molecule has 1 aliphatic rings. The third-order valence-electron chi connectivity index (χ3n) is 2.97. The Bertz CT molecular complexity index is 479. The number of nitrogens with one attached hydrogen (secondary N) is 2. The van der Waals surface area contributed by atoms with Crippen molar-refractivity contribution in [2.45, 2.75) is 25.4 Å². The standard InChI is InChI=1S/C15H18N2O2/c1-2-3-4-7-10-16-15(18)14-11-17-12-8-5-6-9-13(12)19-14/h1,5-6,8-9,14,17H,3-4,7,10-11H2,(H,16,18). The summed E-state index contributed by atoms with van der Waals surface area (Å²) >= 11 is 0. The lowest BCUT2D eigenvalue weighted by Gasteiger charge is -2.26. The Balaban J connectivity index is 1.78. The van der Waals surface area contributed by atoms with Crippen molar-refractivity contribution >= 4 is 11.6 Å². The average Bonchev–Trinajstić information content (AvgIpc) is 2.46. The number of anilines is 1. The van der Waals surface area contributed by atoms with Gasteiger partial charge in [-0.2, -0.15) is 0 Å². The summed E-state index contributed by atoms with van der Waals surface area (Å²) in [6, 6.07) is 7.61. The Morgan fingerprint density at radius 2 is 2.32 bits per heavy atom. The first-order valence-electron chi connectivity index (χ1n) is 6.52. The number of para-hydroxylation sites is 2. The molecule has 0 aromatic heterocycles. The van der Waals surface area contributed by atoms with Gasteiger partial charge in [0.05, 0.1) is 12.2 Å². The van der Waals surface area contributed by atoms with E-state index in [9.17, 15) is 4.79 Å². The van der Waals surface area contributed by atoms with E-state index in [1.165, 1.54) is 0 Å². The molecular weight excluding hydrogens is 240 g/mol. The molecule has 1 aromatic carbocycles.